The topological polar surface area (TPSA) is 210 Å². The first-order valence-corrected chi connectivity index (χ1v) is 27.8. The van der Waals surface area contributed by atoms with Gasteiger partial charge in [-0.1, -0.05) is 226 Å². The van der Waals surface area contributed by atoms with E-state index in [2.05, 4.69) is 13.8 Å². The Kier molecular flexibility index (Phi) is 38.9. The molecule has 380 valence electrons. The molecule has 0 heterocycles. The summed E-state index contributed by atoms with van der Waals surface area (Å²) in [5.41, 5.74) is 0. The SMILES string of the molecule is CCCCCCCCCCCCCCCCCCCCCCC(=O)OC[C@@H](COP(=O)(O)OC1C(O)C(O)C(O)[C@H](O)C1O)OC(=O)CCCCCCCCCCCCCCCCC. The summed E-state index contributed by atoms with van der Waals surface area (Å²) in [5.74, 6) is -1.08. The highest BCUT2D eigenvalue weighted by atomic mass is 31.2. The van der Waals surface area contributed by atoms with Crippen LogP contribution in [0, 0.1) is 0 Å². The van der Waals surface area contributed by atoms with E-state index >= 15 is 0 Å². The van der Waals surface area contributed by atoms with Crippen LogP contribution in [0.5, 0.6) is 0 Å². The third-order valence-electron chi connectivity index (χ3n) is 12.7. The van der Waals surface area contributed by atoms with Gasteiger partial charge < -0.3 is 39.9 Å². The molecule has 0 aromatic carbocycles. The van der Waals surface area contributed by atoms with Gasteiger partial charge in [-0.15, -0.1) is 0 Å². The van der Waals surface area contributed by atoms with Crippen LogP contribution in [0.2, 0.25) is 0 Å². The molecule has 6 unspecified atom stereocenters. The lowest BCUT2D eigenvalue weighted by Crippen LogP contribution is -2.64. The highest BCUT2D eigenvalue weighted by Gasteiger charge is 2.51. The van der Waals surface area contributed by atoms with Crippen molar-refractivity contribution in [1.29, 1.82) is 0 Å². The molecule has 0 aromatic heterocycles. The van der Waals surface area contributed by atoms with E-state index in [-0.39, 0.29) is 12.8 Å². The summed E-state index contributed by atoms with van der Waals surface area (Å²) in [7, 11) is -5.11. The molecular formula is C50H97O13P. The maximum absolute atomic E-state index is 12.8. The van der Waals surface area contributed by atoms with Gasteiger partial charge in [0.15, 0.2) is 6.10 Å². The summed E-state index contributed by atoms with van der Waals surface area (Å²) < 4.78 is 33.7. The lowest BCUT2D eigenvalue weighted by molar-refractivity contribution is -0.220. The number of aliphatic hydroxyl groups excluding tert-OH is 5. The van der Waals surface area contributed by atoms with Crippen molar-refractivity contribution >= 4 is 19.8 Å². The van der Waals surface area contributed by atoms with Crippen LogP contribution >= 0.6 is 7.82 Å². The second-order valence-corrected chi connectivity index (χ2v) is 20.2. The third-order valence-corrected chi connectivity index (χ3v) is 13.7. The smallest absolute Gasteiger partial charge is 0.462 e. The second kappa shape index (κ2) is 40.9. The molecule has 13 nitrogen and oxygen atoms in total. The van der Waals surface area contributed by atoms with E-state index in [4.69, 9.17) is 18.5 Å². The van der Waals surface area contributed by atoms with E-state index < -0.39 is 75.7 Å². The average Bonchev–Trinajstić information content (AvgIpc) is 3.28. The Morgan fingerprint density at radius 2 is 0.703 bits per heavy atom. The highest BCUT2D eigenvalue weighted by Crippen LogP contribution is 2.47. The Morgan fingerprint density at radius 1 is 0.422 bits per heavy atom. The summed E-state index contributed by atoms with van der Waals surface area (Å²) in [4.78, 5) is 35.8. The number of hydrogen-bond acceptors (Lipinski definition) is 12. The van der Waals surface area contributed by atoms with Crippen molar-refractivity contribution in [1.82, 2.24) is 0 Å². The second-order valence-electron chi connectivity index (χ2n) is 18.7. The van der Waals surface area contributed by atoms with Crippen molar-refractivity contribution < 1.29 is 63.1 Å². The average molecular weight is 937 g/mol. The lowest BCUT2D eigenvalue weighted by atomic mass is 9.85. The largest absolute Gasteiger partial charge is 0.472 e. The number of hydrogen-bond donors (Lipinski definition) is 6. The molecule has 6 N–H and O–H groups in total. The summed E-state index contributed by atoms with van der Waals surface area (Å²) in [5, 5.41) is 50.3. The van der Waals surface area contributed by atoms with Crippen molar-refractivity contribution in [3.8, 4) is 0 Å². The first-order valence-electron chi connectivity index (χ1n) is 26.3. The molecule has 14 heteroatoms. The van der Waals surface area contributed by atoms with Crippen LogP contribution in [0.25, 0.3) is 0 Å². The zero-order chi connectivity index (χ0) is 47.1. The van der Waals surface area contributed by atoms with Gasteiger partial charge in [-0.05, 0) is 12.8 Å². The normalized spacial score (nSPS) is 21.4. The minimum atomic E-state index is -5.11. The maximum Gasteiger partial charge on any atom is 0.472 e. The first-order chi connectivity index (χ1) is 30.9. The van der Waals surface area contributed by atoms with Gasteiger partial charge in [-0.25, -0.2) is 4.57 Å². The Hall–Kier alpha value is -1.15. The fourth-order valence-corrected chi connectivity index (χ4v) is 9.44. The number of carbonyl (C=O) groups excluding carboxylic acids is 2. The van der Waals surface area contributed by atoms with Crippen LogP contribution in [0.15, 0.2) is 0 Å². The molecule has 0 aromatic rings. The van der Waals surface area contributed by atoms with Crippen molar-refractivity contribution in [2.45, 2.75) is 294 Å². The van der Waals surface area contributed by atoms with Gasteiger partial charge in [0, 0.05) is 12.8 Å². The van der Waals surface area contributed by atoms with Crippen LogP contribution in [0.1, 0.15) is 251 Å². The van der Waals surface area contributed by atoms with E-state index in [1.165, 1.54) is 173 Å². The molecule has 1 aliphatic rings. The minimum Gasteiger partial charge on any atom is -0.462 e. The molecular weight excluding hydrogens is 840 g/mol. The maximum atomic E-state index is 12.8. The molecule has 1 rings (SSSR count). The van der Waals surface area contributed by atoms with E-state index in [0.29, 0.717) is 12.8 Å². The molecule has 64 heavy (non-hydrogen) atoms. The summed E-state index contributed by atoms with van der Waals surface area (Å²) in [6.07, 6.45) is 30.1. The van der Waals surface area contributed by atoms with Gasteiger partial charge in [0.2, 0.25) is 0 Å². The van der Waals surface area contributed by atoms with Crippen LogP contribution in [-0.4, -0.2) is 98.3 Å². The Bertz CT molecular complexity index is 1130. The van der Waals surface area contributed by atoms with Crippen LogP contribution in [0.4, 0.5) is 0 Å². The zero-order valence-corrected chi connectivity index (χ0v) is 41.5. The van der Waals surface area contributed by atoms with Gasteiger partial charge in [0.05, 0.1) is 6.61 Å². The number of rotatable bonds is 45. The van der Waals surface area contributed by atoms with E-state index in [1.54, 1.807) is 0 Å². The Labute approximate surface area is 389 Å². The van der Waals surface area contributed by atoms with Gasteiger partial charge in [0.25, 0.3) is 0 Å². The molecule has 1 aliphatic carbocycles. The number of esters is 2. The molecule has 8 atom stereocenters. The first kappa shape index (κ1) is 60.9. The number of unbranched alkanes of at least 4 members (excludes halogenated alkanes) is 33. The molecule has 0 bridgehead atoms. The van der Waals surface area contributed by atoms with Gasteiger partial charge in [-0.2, -0.15) is 0 Å². The van der Waals surface area contributed by atoms with Gasteiger partial charge in [0.1, 0.15) is 43.2 Å². The summed E-state index contributed by atoms with van der Waals surface area (Å²) in [6.45, 7) is 3.35. The Balaban J connectivity index is 2.35. The lowest BCUT2D eigenvalue weighted by Gasteiger charge is -2.41. The predicted octanol–water partition coefficient (Wildman–Crippen LogP) is 11.2. The van der Waals surface area contributed by atoms with Gasteiger partial charge >= 0.3 is 19.8 Å². The minimum absolute atomic E-state index is 0.105. The zero-order valence-electron chi connectivity index (χ0n) is 40.6. The fourth-order valence-electron chi connectivity index (χ4n) is 8.47. The van der Waals surface area contributed by atoms with Crippen molar-refractivity contribution in [3.63, 3.8) is 0 Å². The fraction of sp³-hybridized carbons (Fsp3) is 0.960. The number of phosphoric ester groups is 1. The molecule has 1 fully saturated rings. The summed E-state index contributed by atoms with van der Waals surface area (Å²) >= 11 is 0. The molecule has 0 aliphatic heterocycles. The quantitative estimate of drug-likeness (QED) is 0.0191. The van der Waals surface area contributed by atoms with Crippen LogP contribution in [0.3, 0.4) is 0 Å². The molecule has 0 amide bonds. The number of ether oxygens (including phenoxy) is 2. The van der Waals surface area contributed by atoms with E-state index in [1.807, 2.05) is 0 Å². The van der Waals surface area contributed by atoms with Crippen molar-refractivity contribution in [3.05, 3.63) is 0 Å². The van der Waals surface area contributed by atoms with E-state index in [0.717, 1.165) is 38.5 Å². The Morgan fingerprint density at radius 3 is 1.03 bits per heavy atom. The number of phosphoric acid groups is 1. The highest BCUT2D eigenvalue weighted by molar-refractivity contribution is 7.47. The standard InChI is InChI=1S/C50H97O13P/c1-3-5-7-9-11-13-15-17-19-20-21-22-23-25-26-28-30-32-34-36-38-43(51)60-40-42(41-61-64(58,59)63-50-48(56)46(54)45(53)47(55)49(50)57)62-44(52)39-37-35-33-31-29-27-24-18-16-14-12-10-8-6-4-2/h42,45-50,53-57H,3-41H2,1-2H3,(H,58,59)/t42-,45?,46-,47?,48?,49?,50?/m0/s1. The number of carbonyl (C=O) groups is 2. The van der Waals surface area contributed by atoms with Crippen molar-refractivity contribution in [2.24, 2.45) is 0 Å². The van der Waals surface area contributed by atoms with Crippen LogP contribution < -0.4 is 0 Å². The number of aliphatic hydroxyl groups is 5. The van der Waals surface area contributed by atoms with Gasteiger partial charge in [-0.3, -0.25) is 18.6 Å². The van der Waals surface area contributed by atoms with Crippen LogP contribution in [-0.2, 0) is 32.7 Å². The van der Waals surface area contributed by atoms with E-state index in [9.17, 15) is 44.6 Å². The third kappa shape index (κ3) is 32.5. The molecule has 0 radical (unpaired) electrons. The molecule has 0 spiro atoms. The van der Waals surface area contributed by atoms with Crippen molar-refractivity contribution in [2.75, 3.05) is 13.2 Å². The molecule has 1 saturated carbocycles. The monoisotopic (exact) mass is 937 g/mol. The molecule has 0 saturated heterocycles. The predicted molar refractivity (Wildman–Crippen MR) is 254 cm³/mol. The summed E-state index contributed by atoms with van der Waals surface area (Å²) in [6, 6.07) is 0.